The molecule has 4 heteroatoms. The first-order valence-corrected chi connectivity index (χ1v) is 4.95. The van der Waals surface area contributed by atoms with Crippen LogP contribution in [0.5, 0.6) is 0 Å². The van der Waals surface area contributed by atoms with Crippen LogP contribution in [0.25, 0.3) is 0 Å². The second-order valence-corrected chi connectivity index (χ2v) is 3.02. The Morgan fingerprint density at radius 3 is 3.12 bits per heavy atom. The third-order valence-corrected chi connectivity index (χ3v) is 1.91. The Bertz CT molecular complexity index is 419. The quantitative estimate of drug-likeness (QED) is 0.474. The Morgan fingerprint density at radius 2 is 2.44 bits per heavy atom. The second-order valence-electron chi connectivity index (χ2n) is 3.02. The number of anilines is 1. The highest BCUT2D eigenvalue weighted by atomic mass is 16.5. The summed E-state index contributed by atoms with van der Waals surface area (Å²) in [7, 11) is 1.33. The summed E-state index contributed by atoms with van der Waals surface area (Å²) in [6.07, 6.45) is 2.34. The van der Waals surface area contributed by atoms with Crippen LogP contribution < -0.4 is 5.32 Å². The molecule has 84 valence electrons. The molecule has 0 fully saturated rings. The summed E-state index contributed by atoms with van der Waals surface area (Å²) in [5, 5.41) is 3.15. The molecule has 0 saturated carbocycles. The van der Waals surface area contributed by atoms with Gasteiger partial charge in [-0.1, -0.05) is 0 Å². The maximum Gasteiger partial charge on any atom is 0.356 e. The van der Waals surface area contributed by atoms with Crippen molar-refractivity contribution in [2.45, 2.75) is 13.3 Å². The van der Waals surface area contributed by atoms with Crippen LogP contribution in [0.1, 0.15) is 23.8 Å². The van der Waals surface area contributed by atoms with Crippen LogP contribution in [-0.2, 0) is 4.74 Å². The van der Waals surface area contributed by atoms with Crippen molar-refractivity contribution in [3.63, 3.8) is 0 Å². The number of nitrogens with one attached hydrogen (secondary N) is 1. The largest absolute Gasteiger partial charge is 0.464 e. The van der Waals surface area contributed by atoms with Gasteiger partial charge in [0.05, 0.1) is 7.11 Å². The van der Waals surface area contributed by atoms with Gasteiger partial charge in [-0.05, 0) is 19.1 Å². The molecule has 1 rings (SSSR count). The lowest BCUT2D eigenvalue weighted by Gasteiger charge is -2.05. The number of pyridine rings is 1. The Kier molecular flexibility index (Phi) is 4.87. The van der Waals surface area contributed by atoms with E-state index in [0.29, 0.717) is 5.69 Å². The second kappa shape index (κ2) is 6.46. The molecule has 0 aliphatic carbocycles. The summed E-state index contributed by atoms with van der Waals surface area (Å²) in [6, 6.07) is 3.46. The van der Waals surface area contributed by atoms with Crippen LogP contribution in [0.2, 0.25) is 0 Å². The van der Waals surface area contributed by atoms with Crippen LogP contribution in [0.15, 0.2) is 18.3 Å². The minimum Gasteiger partial charge on any atom is -0.464 e. The van der Waals surface area contributed by atoms with Gasteiger partial charge < -0.3 is 10.1 Å². The lowest BCUT2D eigenvalue weighted by Crippen LogP contribution is -2.06. The minimum absolute atomic E-state index is 0.300. The molecule has 0 aliphatic rings. The van der Waals surface area contributed by atoms with Crippen molar-refractivity contribution in [2.24, 2.45) is 0 Å². The fourth-order valence-corrected chi connectivity index (χ4v) is 1.15. The number of carbonyl (C=O) groups is 1. The smallest absolute Gasteiger partial charge is 0.356 e. The summed E-state index contributed by atoms with van der Waals surface area (Å²) in [5.74, 6) is 5.33. The monoisotopic (exact) mass is 218 g/mol. The van der Waals surface area contributed by atoms with Crippen molar-refractivity contribution < 1.29 is 9.53 Å². The third-order valence-electron chi connectivity index (χ3n) is 1.91. The first-order valence-electron chi connectivity index (χ1n) is 4.95. The van der Waals surface area contributed by atoms with Gasteiger partial charge in [0.1, 0.15) is 5.69 Å². The van der Waals surface area contributed by atoms with Gasteiger partial charge in [0.2, 0.25) is 0 Å². The van der Waals surface area contributed by atoms with E-state index in [0.717, 1.165) is 18.7 Å². The molecule has 0 bridgehead atoms. The minimum atomic E-state index is -0.433. The maximum atomic E-state index is 11.2. The number of aromatic nitrogens is 1. The van der Waals surface area contributed by atoms with Crippen molar-refractivity contribution in [1.82, 2.24) is 4.98 Å². The highest BCUT2D eigenvalue weighted by molar-refractivity contribution is 5.88. The lowest BCUT2D eigenvalue weighted by atomic mass is 10.3. The van der Waals surface area contributed by atoms with E-state index in [-0.39, 0.29) is 0 Å². The van der Waals surface area contributed by atoms with Gasteiger partial charge in [0.15, 0.2) is 0 Å². The number of ether oxygens (including phenoxy) is 1. The Balaban J connectivity index is 2.59. The van der Waals surface area contributed by atoms with Gasteiger partial charge >= 0.3 is 5.97 Å². The summed E-state index contributed by atoms with van der Waals surface area (Å²) < 4.78 is 4.58. The molecule has 1 aromatic heterocycles. The summed E-state index contributed by atoms with van der Waals surface area (Å²) in [5.41, 5.74) is 1.14. The molecule has 0 saturated heterocycles. The van der Waals surface area contributed by atoms with Crippen molar-refractivity contribution >= 4 is 11.7 Å². The van der Waals surface area contributed by atoms with E-state index in [1.54, 1.807) is 18.3 Å². The molecule has 0 aromatic carbocycles. The van der Waals surface area contributed by atoms with E-state index in [1.165, 1.54) is 7.11 Å². The van der Waals surface area contributed by atoms with Crippen LogP contribution in [0, 0.1) is 11.8 Å². The van der Waals surface area contributed by atoms with E-state index in [4.69, 9.17) is 0 Å². The fourth-order valence-electron chi connectivity index (χ4n) is 1.15. The zero-order valence-corrected chi connectivity index (χ0v) is 9.41. The molecule has 0 atom stereocenters. The molecule has 0 radical (unpaired) electrons. The topological polar surface area (TPSA) is 51.2 Å². The number of nitrogens with zero attached hydrogens (tertiary/aromatic N) is 1. The number of methoxy groups -OCH3 is 1. The predicted molar refractivity (Wildman–Crippen MR) is 62.1 cm³/mol. The maximum absolute atomic E-state index is 11.2. The zero-order chi connectivity index (χ0) is 11.8. The van der Waals surface area contributed by atoms with Gasteiger partial charge in [0.25, 0.3) is 0 Å². The zero-order valence-electron chi connectivity index (χ0n) is 9.41. The van der Waals surface area contributed by atoms with Crippen molar-refractivity contribution in [3.05, 3.63) is 24.0 Å². The fraction of sp³-hybridized carbons (Fsp3) is 0.333. The molecule has 4 nitrogen and oxygen atoms in total. The molecule has 0 aliphatic heterocycles. The van der Waals surface area contributed by atoms with Crippen molar-refractivity contribution in [2.75, 3.05) is 19.0 Å². The Morgan fingerprint density at radius 1 is 1.62 bits per heavy atom. The number of esters is 1. The third kappa shape index (κ3) is 3.62. The van der Waals surface area contributed by atoms with Gasteiger partial charge in [-0.15, -0.1) is 11.8 Å². The summed E-state index contributed by atoms with van der Waals surface area (Å²) in [4.78, 5) is 15.1. The number of carbonyl (C=O) groups excluding carboxylic acids is 1. The highest BCUT2D eigenvalue weighted by Gasteiger charge is 2.06. The molecule has 1 heterocycles. The average Bonchev–Trinajstić information content (AvgIpc) is 2.34. The molecule has 1 aromatic rings. The molecule has 1 N–H and O–H groups in total. The van der Waals surface area contributed by atoms with Crippen LogP contribution in [0.3, 0.4) is 0 Å². The van der Waals surface area contributed by atoms with Gasteiger partial charge in [-0.25, -0.2) is 9.78 Å². The van der Waals surface area contributed by atoms with Gasteiger partial charge in [0, 0.05) is 24.8 Å². The van der Waals surface area contributed by atoms with Crippen molar-refractivity contribution in [3.8, 4) is 11.8 Å². The SMILES string of the molecule is CC#CCCNc1ccnc(C(=O)OC)c1. The summed E-state index contributed by atoms with van der Waals surface area (Å²) >= 11 is 0. The Hall–Kier alpha value is -2.02. The van der Waals surface area contributed by atoms with E-state index in [9.17, 15) is 4.79 Å². The number of hydrogen-bond donors (Lipinski definition) is 1. The molecule has 0 amide bonds. The number of hydrogen-bond acceptors (Lipinski definition) is 4. The molecule has 0 unspecified atom stereocenters. The van der Waals surface area contributed by atoms with Gasteiger partial charge in [-0.2, -0.15) is 0 Å². The van der Waals surface area contributed by atoms with E-state index < -0.39 is 5.97 Å². The first-order chi connectivity index (χ1) is 7.77. The summed E-state index contributed by atoms with van der Waals surface area (Å²) in [6.45, 7) is 2.55. The predicted octanol–water partition coefficient (Wildman–Crippen LogP) is 1.69. The van der Waals surface area contributed by atoms with Crippen LogP contribution in [-0.4, -0.2) is 24.6 Å². The molecule has 16 heavy (non-hydrogen) atoms. The normalized spacial score (nSPS) is 8.88. The number of rotatable bonds is 4. The van der Waals surface area contributed by atoms with E-state index >= 15 is 0 Å². The standard InChI is InChI=1S/C12H14N2O2/c1-3-4-5-7-13-10-6-8-14-11(9-10)12(15)16-2/h6,8-9H,5,7H2,1-2H3,(H,13,14). The first kappa shape index (κ1) is 12.1. The lowest BCUT2D eigenvalue weighted by molar-refractivity contribution is 0.0594. The highest BCUT2D eigenvalue weighted by Crippen LogP contribution is 2.08. The van der Waals surface area contributed by atoms with Crippen molar-refractivity contribution in [1.29, 1.82) is 0 Å². The molecular weight excluding hydrogens is 204 g/mol. The van der Waals surface area contributed by atoms with Crippen LogP contribution >= 0.6 is 0 Å². The Labute approximate surface area is 95.0 Å². The van der Waals surface area contributed by atoms with Crippen LogP contribution in [0.4, 0.5) is 5.69 Å². The van der Waals surface area contributed by atoms with E-state index in [2.05, 4.69) is 26.9 Å². The molecule has 0 spiro atoms. The van der Waals surface area contributed by atoms with E-state index in [1.807, 2.05) is 6.92 Å². The molecular formula is C12H14N2O2. The average molecular weight is 218 g/mol. The van der Waals surface area contributed by atoms with Gasteiger partial charge in [-0.3, -0.25) is 0 Å².